The van der Waals surface area contributed by atoms with Gasteiger partial charge < -0.3 is 5.32 Å². The molecule has 1 aromatic carbocycles. The minimum atomic E-state index is -0.332. The summed E-state index contributed by atoms with van der Waals surface area (Å²) < 4.78 is 0. The lowest BCUT2D eigenvalue weighted by Gasteiger charge is -2.14. The normalized spacial score (nSPS) is 11.9. The van der Waals surface area contributed by atoms with Gasteiger partial charge in [0.05, 0.1) is 0 Å². The van der Waals surface area contributed by atoms with Gasteiger partial charge in [0.25, 0.3) is 0 Å². The van der Waals surface area contributed by atoms with Crippen LogP contribution in [0.5, 0.6) is 0 Å². The smallest absolute Gasteiger partial charge is 0.223 e. The second-order valence-electron chi connectivity index (χ2n) is 3.67. The Kier molecular flexibility index (Phi) is 3.93. The van der Waals surface area contributed by atoms with Gasteiger partial charge >= 0.3 is 0 Å². The lowest BCUT2D eigenvalue weighted by Crippen LogP contribution is -2.31. The summed E-state index contributed by atoms with van der Waals surface area (Å²) in [5, 5.41) is 2.81. The molecule has 0 unspecified atom stereocenters. The number of carbonyl (C=O) groups excluding carboxylic acids is 1. The van der Waals surface area contributed by atoms with E-state index in [0.717, 1.165) is 5.56 Å². The largest absolute Gasteiger partial charge is 0.338 e. The van der Waals surface area contributed by atoms with Crippen molar-refractivity contribution in [2.45, 2.75) is 19.9 Å². The topological polar surface area (TPSA) is 29.1 Å². The summed E-state index contributed by atoms with van der Waals surface area (Å²) in [4.78, 5) is 11.5. The highest BCUT2D eigenvalue weighted by molar-refractivity contribution is 5.78. The number of benzene rings is 1. The van der Waals surface area contributed by atoms with Crippen molar-refractivity contribution < 1.29 is 4.79 Å². The molecule has 1 atom stereocenters. The van der Waals surface area contributed by atoms with E-state index >= 15 is 0 Å². The molecule has 2 nitrogen and oxygen atoms in total. The fourth-order valence-electron chi connectivity index (χ4n) is 1.18. The summed E-state index contributed by atoms with van der Waals surface area (Å²) in [6, 6.07) is 9.21. The molecule has 1 aromatic rings. The molecule has 78 valence electrons. The summed E-state index contributed by atoms with van der Waals surface area (Å²) in [7, 11) is 0. The standard InChI is InChI=1S/C13H15NO/c1-4-12(14-13(15)10(2)3)11-8-6-5-7-9-11/h1,5-10,12H,2-3H3,(H,14,15)/t12-/m0/s1. The summed E-state index contributed by atoms with van der Waals surface area (Å²) in [5.41, 5.74) is 0.939. The van der Waals surface area contributed by atoms with Crippen LogP contribution in [-0.4, -0.2) is 5.91 Å². The van der Waals surface area contributed by atoms with Gasteiger partial charge in [-0.1, -0.05) is 50.1 Å². The number of carbonyl (C=O) groups is 1. The number of nitrogens with one attached hydrogen (secondary N) is 1. The highest BCUT2D eigenvalue weighted by Gasteiger charge is 2.13. The molecule has 0 saturated heterocycles. The molecule has 0 fully saturated rings. The van der Waals surface area contributed by atoms with Crippen LogP contribution in [0.4, 0.5) is 0 Å². The highest BCUT2D eigenvalue weighted by atomic mass is 16.1. The van der Waals surface area contributed by atoms with Gasteiger partial charge in [0.2, 0.25) is 5.91 Å². The lowest BCUT2D eigenvalue weighted by atomic mass is 10.1. The first kappa shape index (κ1) is 11.3. The van der Waals surface area contributed by atoms with Crippen LogP contribution in [0.1, 0.15) is 25.5 Å². The van der Waals surface area contributed by atoms with Gasteiger partial charge in [-0.15, -0.1) is 6.42 Å². The third-order valence-corrected chi connectivity index (χ3v) is 2.11. The second kappa shape index (κ2) is 5.21. The van der Waals surface area contributed by atoms with Crippen molar-refractivity contribution in [2.75, 3.05) is 0 Å². The SMILES string of the molecule is C#C[C@H](NC(=O)C(C)C)c1ccccc1. The van der Waals surface area contributed by atoms with E-state index in [1.807, 2.05) is 44.2 Å². The van der Waals surface area contributed by atoms with Gasteiger partial charge in [-0.3, -0.25) is 4.79 Å². The molecule has 0 bridgehead atoms. The van der Waals surface area contributed by atoms with E-state index in [2.05, 4.69) is 11.2 Å². The van der Waals surface area contributed by atoms with Gasteiger partial charge in [0, 0.05) is 5.92 Å². The lowest BCUT2D eigenvalue weighted by molar-refractivity contribution is -0.124. The Bertz CT molecular complexity index is 362. The highest BCUT2D eigenvalue weighted by Crippen LogP contribution is 2.11. The molecule has 0 aromatic heterocycles. The Morgan fingerprint density at radius 2 is 1.93 bits per heavy atom. The van der Waals surface area contributed by atoms with Crippen LogP contribution in [0.15, 0.2) is 30.3 Å². The maximum atomic E-state index is 11.5. The van der Waals surface area contributed by atoms with Gasteiger partial charge in [0.1, 0.15) is 6.04 Å². The van der Waals surface area contributed by atoms with Gasteiger partial charge in [-0.2, -0.15) is 0 Å². The minimum Gasteiger partial charge on any atom is -0.338 e. The summed E-state index contributed by atoms with van der Waals surface area (Å²) in [5.74, 6) is 2.49. The molecule has 2 heteroatoms. The predicted molar refractivity (Wildman–Crippen MR) is 61.0 cm³/mol. The quantitative estimate of drug-likeness (QED) is 0.746. The van der Waals surface area contributed by atoms with Crippen molar-refractivity contribution in [2.24, 2.45) is 5.92 Å². The van der Waals surface area contributed by atoms with E-state index in [9.17, 15) is 4.79 Å². The van der Waals surface area contributed by atoms with Crippen LogP contribution in [-0.2, 0) is 4.79 Å². The molecule has 0 spiro atoms. The molecular weight excluding hydrogens is 186 g/mol. The zero-order valence-corrected chi connectivity index (χ0v) is 9.03. The van der Waals surface area contributed by atoms with Crippen LogP contribution < -0.4 is 5.32 Å². The maximum Gasteiger partial charge on any atom is 0.223 e. The van der Waals surface area contributed by atoms with Crippen molar-refractivity contribution in [3.05, 3.63) is 35.9 Å². The first-order valence-electron chi connectivity index (χ1n) is 4.96. The van der Waals surface area contributed by atoms with Crippen molar-refractivity contribution >= 4 is 5.91 Å². The molecule has 1 N–H and O–H groups in total. The summed E-state index contributed by atoms with van der Waals surface area (Å²) >= 11 is 0. The Balaban J connectivity index is 2.75. The Hall–Kier alpha value is -1.75. The molecule has 0 saturated carbocycles. The van der Waals surface area contributed by atoms with Crippen molar-refractivity contribution in [1.82, 2.24) is 5.32 Å². The molecular formula is C13H15NO. The third kappa shape index (κ3) is 3.14. The zero-order valence-electron chi connectivity index (χ0n) is 9.03. The van der Waals surface area contributed by atoms with Crippen molar-refractivity contribution in [3.8, 4) is 12.3 Å². The molecule has 0 aliphatic carbocycles. The average Bonchev–Trinajstić information content (AvgIpc) is 2.26. The second-order valence-corrected chi connectivity index (χ2v) is 3.67. The molecule has 1 amide bonds. The monoisotopic (exact) mass is 201 g/mol. The maximum absolute atomic E-state index is 11.5. The van der Waals surface area contributed by atoms with Gasteiger partial charge in [-0.25, -0.2) is 0 Å². The van der Waals surface area contributed by atoms with E-state index in [-0.39, 0.29) is 17.9 Å². The summed E-state index contributed by atoms with van der Waals surface area (Å²) in [6.07, 6.45) is 5.39. The van der Waals surface area contributed by atoms with E-state index in [1.54, 1.807) is 0 Å². The molecule has 0 aliphatic heterocycles. The molecule has 0 heterocycles. The number of rotatable bonds is 3. The first-order valence-corrected chi connectivity index (χ1v) is 4.96. The number of amides is 1. The Morgan fingerprint density at radius 1 is 1.33 bits per heavy atom. The minimum absolute atomic E-state index is 0.0261. The van der Waals surface area contributed by atoms with Crippen LogP contribution in [0.25, 0.3) is 0 Å². The van der Waals surface area contributed by atoms with Gasteiger partial charge in [-0.05, 0) is 5.56 Å². The molecule has 0 radical (unpaired) electrons. The average molecular weight is 201 g/mol. The van der Waals surface area contributed by atoms with Crippen molar-refractivity contribution in [3.63, 3.8) is 0 Å². The van der Waals surface area contributed by atoms with Crippen LogP contribution in [0, 0.1) is 18.3 Å². The third-order valence-electron chi connectivity index (χ3n) is 2.11. The van der Waals surface area contributed by atoms with E-state index in [0.29, 0.717) is 0 Å². The Morgan fingerprint density at radius 3 is 2.40 bits per heavy atom. The summed E-state index contributed by atoms with van der Waals surface area (Å²) in [6.45, 7) is 3.68. The predicted octanol–water partition coefficient (Wildman–Crippen LogP) is 2.13. The Labute approximate surface area is 90.7 Å². The van der Waals surface area contributed by atoms with Crippen LogP contribution >= 0.6 is 0 Å². The number of terminal acetylenes is 1. The molecule has 15 heavy (non-hydrogen) atoms. The van der Waals surface area contributed by atoms with E-state index in [4.69, 9.17) is 6.42 Å². The zero-order chi connectivity index (χ0) is 11.3. The van der Waals surface area contributed by atoms with Crippen molar-refractivity contribution in [1.29, 1.82) is 0 Å². The van der Waals surface area contributed by atoms with E-state index in [1.165, 1.54) is 0 Å². The van der Waals surface area contributed by atoms with E-state index < -0.39 is 0 Å². The van der Waals surface area contributed by atoms with Gasteiger partial charge in [0.15, 0.2) is 0 Å². The first-order chi connectivity index (χ1) is 7.15. The fraction of sp³-hybridized carbons (Fsp3) is 0.308. The van der Waals surface area contributed by atoms with Crippen LogP contribution in [0.2, 0.25) is 0 Å². The fourth-order valence-corrected chi connectivity index (χ4v) is 1.18. The number of hydrogen-bond donors (Lipinski definition) is 1. The van der Waals surface area contributed by atoms with Crippen LogP contribution in [0.3, 0.4) is 0 Å². The number of hydrogen-bond acceptors (Lipinski definition) is 1. The molecule has 1 rings (SSSR count). The molecule has 0 aliphatic rings.